The number of halogens is 2. The molecule has 0 atom stereocenters. The van der Waals surface area contributed by atoms with Crippen LogP contribution in [0.25, 0.3) is 0 Å². The number of nitrogens with zero attached hydrogens (tertiary/aromatic N) is 2. The van der Waals surface area contributed by atoms with E-state index < -0.39 is 10.0 Å². The quantitative estimate of drug-likeness (QED) is 0.645. The molecule has 0 saturated carbocycles. The lowest BCUT2D eigenvalue weighted by atomic mass is 9.97. The van der Waals surface area contributed by atoms with Crippen molar-refractivity contribution in [2.24, 2.45) is 5.92 Å². The van der Waals surface area contributed by atoms with Crippen LogP contribution in [0.15, 0.2) is 35.4 Å². The monoisotopic (exact) mass is 473 g/mol. The van der Waals surface area contributed by atoms with Crippen molar-refractivity contribution in [3.8, 4) is 11.5 Å². The Bertz CT molecular complexity index is 1040. The number of ether oxygens (including phenoxy) is 2. The Hall–Kier alpha value is -2.07. The van der Waals surface area contributed by atoms with Crippen LogP contribution < -0.4 is 14.8 Å². The topological polar surface area (TPSA) is 97.8 Å². The fraction of sp³-hybridized carbons (Fsp3) is 0.368. The van der Waals surface area contributed by atoms with Crippen molar-refractivity contribution in [1.82, 2.24) is 9.29 Å². The predicted octanol–water partition coefficient (Wildman–Crippen LogP) is 3.45. The summed E-state index contributed by atoms with van der Waals surface area (Å²) in [5, 5.41) is 3.12. The number of nitrogens with one attached hydrogen (secondary N) is 1. The molecule has 8 nitrogen and oxygen atoms in total. The van der Waals surface area contributed by atoms with Crippen molar-refractivity contribution in [2.75, 3.05) is 32.6 Å². The summed E-state index contributed by atoms with van der Waals surface area (Å²) in [6.45, 7) is 0.402. The highest BCUT2D eigenvalue weighted by molar-refractivity contribution is 7.89. The van der Waals surface area contributed by atoms with Crippen LogP contribution >= 0.6 is 23.2 Å². The molecule has 0 aliphatic carbocycles. The Morgan fingerprint density at radius 3 is 2.43 bits per heavy atom. The maximum absolute atomic E-state index is 12.8. The molecule has 1 aliphatic rings. The minimum atomic E-state index is -3.77. The number of piperidine rings is 1. The van der Waals surface area contributed by atoms with Gasteiger partial charge in [-0.2, -0.15) is 4.31 Å². The molecule has 1 aliphatic heterocycles. The van der Waals surface area contributed by atoms with E-state index in [2.05, 4.69) is 10.3 Å². The van der Waals surface area contributed by atoms with Gasteiger partial charge in [0, 0.05) is 37.3 Å². The molecule has 1 amide bonds. The van der Waals surface area contributed by atoms with Gasteiger partial charge in [-0.15, -0.1) is 0 Å². The standard InChI is InChI=1S/C19H21Cl2N3O5S/c1-28-15-11-14(16(29-2)10-13(15)20)23-19(25)12-5-8-24(9-6-12)30(26,27)17-4-3-7-22-18(17)21/h3-4,7,10-12H,5-6,8-9H2,1-2H3,(H,23,25). The van der Waals surface area contributed by atoms with Crippen LogP contribution in [-0.4, -0.2) is 50.9 Å². The minimum Gasteiger partial charge on any atom is -0.495 e. The number of methoxy groups -OCH3 is 2. The van der Waals surface area contributed by atoms with Gasteiger partial charge in [-0.25, -0.2) is 13.4 Å². The van der Waals surface area contributed by atoms with Gasteiger partial charge in [-0.1, -0.05) is 23.2 Å². The highest BCUT2D eigenvalue weighted by Crippen LogP contribution is 2.36. The zero-order chi connectivity index (χ0) is 21.9. The summed E-state index contributed by atoms with van der Waals surface area (Å²) < 4.78 is 37.4. The van der Waals surface area contributed by atoms with Crippen LogP contribution in [0.2, 0.25) is 10.2 Å². The molecule has 162 valence electrons. The Balaban J connectivity index is 1.68. The molecule has 0 unspecified atom stereocenters. The number of hydrogen-bond donors (Lipinski definition) is 1. The zero-order valence-electron chi connectivity index (χ0n) is 16.4. The third-order valence-corrected chi connectivity index (χ3v) is 7.54. The Kier molecular flexibility index (Phi) is 7.07. The molecule has 0 bridgehead atoms. The van der Waals surface area contributed by atoms with E-state index in [1.54, 1.807) is 12.1 Å². The van der Waals surface area contributed by atoms with Gasteiger partial charge in [-0.05, 0) is 25.0 Å². The SMILES string of the molecule is COc1cc(NC(=O)C2CCN(S(=O)(=O)c3cccnc3Cl)CC2)c(OC)cc1Cl. The van der Waals surface area contributed by atoms with E-state index in [1.807, 2.05) is 0 Å². The van der Waals surface area contributed by atoms with Gasteiger partial charge in [0.05, 0.1) is 24.9 Å². The predicted molar refractivity (Wildman–Crippen MR) is 114 cm³/mol. The molecule has 2 aromatic rings. The van der Waals surface area contributed by atoms with E-state index in [0.717, 1.165) is 0 Å². The van der Waals surface area contributed by atoms with E-state index in [9.17, 15) is 13.2 Å². The zero-order valence-corrected chi connectivity index (χ0v) is 18.7. The van der Waals surface area contributed by atoms with E-state index in [1.165, 1.54) is 36.9 Å². The van der Waals surface area contributed by atoms with E-state index in [0.29, 0.717) is 35.1 Å². The maximum atomic E-state index is 12.8. The van der Waals surface area contributed by atoms with Gasteiger partial charge in [0.2, 0.25) is 15.9 Å². The van der Waals surface area contributed by atoms with Crippen molar-refractivity contribution in [3.63, 3.8) is 0 Å². The van der Waals surface area contributed by atoms with Crippen LogP contribution in [-0.2, 0) is 14.8 Å². The molecule has 1 saturated heterocycles. The first-order chi connectivity index (χ1) is 14.3. The summed E-state index contributed by atoms with van der Waals surface area (Å²) in [6, 6.07) is 6.09. The second-order valence-electron chi connectivity index (χ2n) is 6.65. The molecule has 1 aromatic carbocycles. The van der Waals surface area contributed by atoms with Crippen LogP contribution in [0.4, 0.5) is 5.69 Å². The lowest BCUT2D eigenvalue weighted by Gasteiger charge is -2.30. The van der Waals surface area contributed by atoms with Crippen LogP contribution in [0, 0.1) is 5.92 Å². The Labute approximate surface area is 185 Å². The molecule has 0 radical (unpaired) electrons. The molecule has 3 rings (SSSR count). The van der Waals surface area contributed by atoms with Gasteiger partial charge in [0.25, 0.3) is 0 Å². The first-order valence-electron chi connectivity index (χ1n) is 9.11. The summed E-state index contributed by atoms with van der Waals surface area (Å²) in [5.74, 6) is 0.226. The summed E-state index contributed by atoms with van der Waals surface area (Å²) in [6.07, 6.45) is 2.17. The summed E-state index contributed by atoms with van der Waals surface area (Å²) in [7, 11) is -0.820. The highest BCUT2D eigenvalue weighted by atomic mass is 35.5. The van der Waals surface area contributed by atoms with Gasteiger partial charge in [0.15, 0.2) is 0 Å². The number of amides is 1. The maximum Gasteiger partial charge on any atom is 0.246 e. The van der Waals surface area contributed by atoms with Crippen LogP contribution in [0.5, 0.6) is 11.5 Å². The number of anilines is 1. The highest BCUT2D eigenvalue weighted by Gasteiger charge is 2.33. The van der Waals surface area contributed by atoms with Gasteiger partial charge in [-0.3, -0.25) is 4.79 Å². The van der Waals surface area contributed by atoms with Gasteiger partial charge in [0.1, 0.15) is 21.5 Å². The average Bonchev–Trinajstić information content (AvgIpc) is 2.74. The van der Waals surface area contributed by atoms with E-state index >= 15 is 0 Å². The minimum absolute atomic E-state index is 0.0347. The average molecular weight is 474 g/mol. The van der Waals surface area contributed by atoms with Crippen molar-refractivity contribution >= 4 is 44.8 Å². The number of aromatic nitrogens is 1. The molecular formula is C19H21Cl2N3O5S. The largest absolute Gasteiger partial charge is 0.495 e. The fourth-order valence-electron chi connectivity index (χ4n) is 3.25. The summed E-state index contributed by atoms with van der Waals surface area (Å²) in [5.41, 5.74) is 0.431. The first-order valence-corrected chi connectivity index (χ1v) is 11.3. The second-order valence-corrected chi connectivity index (χ2v) is 9.32. The second kappa shape index (κ2) is 9.38. The first kappa shape index (κ1) is 22.6. The fourth-order valence-corrected chi connectivity index (χ4v) is 5.38. The van der Waals surface area contributed by atoms with Crippen molar-refractivity contribution in [2.45, 2.75) is 17.7 Å². The van der Waals surface area contributed by atoms with Crippen molar-refractivity contribution < 1.29 is 22.7 Å². The van der Waals surface area contributed by atoms with Gasteiger partial charge < -0.3 is 14.8 Å². The molecule has 1 aromatic heterocycles. The molecule has 0 spiro atoms. The Morgan fingerprint density at radius 1 is 1.17 bits per heavy atom. The van der Waals surface area contributed by atoms with Crippen molar-refractivity contribution in [1.29, 1.82) is 0 Å². The molecular weight excluding hydrogens is 453 g/mol. The third kappa shape index (κ3) is 4.64. The molecule has 1 fully saturated rings. The molecule has 1 N–H and O–H groups in total. The number of pyridine rings is 1. The summed E-state index contributed by atoms with van der Waals surface area (Å²) in [4.78, 5) is 16.6. The lowest BCUT2D eigenvalue weighted by Crippen LogP contribution is -2.41. The number of carbonyl (C=O) groups excluding carboxylic acids is 1. The van der Waals surface area contributed by atoms with E-state index in [4.69, 9.17) is 32.7 Å². The Morgan fingerprint density at radius 2 is 1.83 bits per heavy atom. The van der Waals surface area contributed by atoms with Crippen LogP contribution in [0.1, 0.15) is 12.8 Å². The lowest BCUT2D eigenvalue weighted by molar-refractivity contribution is -0.120. The summed E-state index contributed by atoms with van der Waals surface area (Å²) >= 11 is 12.0. The normalized spacial score (nSPS) is 15.6. The number of rotatable bonds is 6. The molecule has 2 heterocycles. The van der Waals surface area contributed by atoms with Crippen molar-refractivity contribution in [3.05, 3.63) is 40.6 Å². The smallest absolute Gasteiger partial charge is 0.246 e. The third-order valence-electron chi connectivity index (χ3n) is 4.90. The van der Waals surface area contributed by atoms with Crippen LogP contribution in [0.3, 0.4) is 0 Å². The number of sulfonamides is 1. The van der Waals surface area contributed by atoms with Gasteiger partial charge >= 0.3 is 0 Å². The number of hydrogen-bond acceptors (Lipinski definition) is 6. The van der Waals surface area contributed by atoms with E-state index in [-0.39, 0.29) is 35.0 Å². The molecule has 30 heavy (non-hydrogen) atoms. The molecule has 11 heteroatoms. The number of benzene rings is 1. The number of carbonyl (C=O) groups is 1.